The molecule has 0 radical (unpaired) electrons. The van der Waals surface area contributed by atoms with Crippen LogP contribution in [0.4, 0.5) is 14.2 Å². The van der Waals surface area contributed by atoms with Gasteiger partial charge in [0.15, 0.2) is 0 Å². The van der Waals surface area contributed by atoms with Crippen molar-refractivity contribution in [1.29, 1.82) is 0 Å². The van der Waals surface area contributed by atoms with Gasteiger partial charge >= 0.3 is 28.9 Å². The Hall–Kier alpha value is 0.669. The van der Waals surface area contributed by atoms with Crippen LogP contribution in [0, 0.1) is 0 Å². The Labute approximate surface area is 39.6 Å². The molecule has 0 bridgehead atoms. The molecule has 0 aromatic heterocycles. The molecule has 6 heavy (non-hydrogen) atoms. The standard InChI is InChI=1S/4FH.Fe.H3P/h4*1H;;1H3/q;;;;+3;/p-3. The van der Waals surface area contributed by atoms with Crippen molar-refractivity contribution < 1.29 is 28.9 Å². The molecule has 0 aromatic carbocycles. The van der Waals surface area contributed by atoms with Crippen molar-refractivity contribution in [2.75, 3.05) is 0 Å². The molecule has 0 spiro atoms. The molecule has 45 valence electrons. The molecule has 0 aliphatic rings. The van der Waals surface area contributed by atoms with Gasteiger partial charge in [0.2, 0.25) is 0 Å². The molecule has 0 saturated heterocycles. The summed E-state index contributed by atoms with van der Waals surface area (Å²) in [4.78, 5) is 0. The van der Waals surface area contributed by atoms with E-state index < -0.39 is 14.7 Å². The van der Waals surface area contributed by atoms with Crippen molar-refractivity contribution in [3.8, 4) is 0 Å². The van der Waals surface area contributed by atoms with Gasteiger partial charge in [0.25, 0.3) is 0 Å². The average Bonchev–Trinajstić information content (AvgIpc) is 0.722. The third-order valence-corrected chi connectivity index (χ3v) is 0. The monoisotopic (exact) mass is 167 g/mol. The maximum absolute atomic E-state index is 9.81. The smallest absolute Gasteiger partial charge is 0.0395 e. The minimum absolute atomic E-state index is 0. The van der Waals surface area contributed by atoms with Gasteiger partial charge in [0, 0.05) is 0 Å². The normalized spacial score (nSPS) is 12.7. The molecule has 0 aromatic rings. The number of hydrogen-bond acceptors (Lipinski definition) is 0. The predicted molar refractivity (Wildman–Crippen MR) is 16.9 cm³/mol. The molecule has 0 aliphatic heterocycles. The first-order chi connectivity index (χ1) is 2.00. The molecule has 0 fully saturated rings. The van der Waals surface area contributed by atoms with Gasteiger partial charge in [-0.15, -0.1) is 0 Å². The molecule has 0 saturated carbocycles. The van der Waals surface area contributed by atoms with E-state index in [9.17, 15) is 14.2 Å². The van der Waals surface area contributed by atoms with Gasteiger partial charge in [0.05, 0.1) is 0 Å². The summed E-state index contributed by atoms with van der Waals surface area (Å²) in [6.45, 7) is 0. The molecular weight excluding hydrogens is 163 g/mol. The molecule has 0 nitrogen and oxygen atoms in total. The predicted octanol–water partition coefficient (Wildman–Crippen LogP) is 1.47. The summed E-state index contributed by atoms with van der Waals surface area (Å²) in [7, 11) is 0. The van der Waals surface area contributed by atoms with E-state index in [0.717, 1.165) is 0 Å². The second-order valence-corrected chi connectivity index (χ2v) is 1.25. The summed E-state index contributed by atoms with van der Waals surface area (Å²) in [5.74, 6) is 0. The van der Waals surface area contributed by atoms with Crippen LogP contribution in [0.2, 0.25) is 0 Å². The zero-order valence-corrected chi connectivity index (χ0v) is 5.97. The van der Waals surface area contributed by atoms with Crippen LogP contribution in [0.5, 0.6) is 0 Å². The van der Waals surface area contributed by atoms with Gasteiger partial charge < -0.3 is 0 Å². The molecule has 6 heteroatoms. The van der Waals surface area contributed by atoms with Crippen LogP contribution in [0.3, 0.4) is 0 Å². The van der Waals surface area contributed by atoms with Gasteiger partial charge in [-0.25, -0.2) is 0 Å². The molecule has 0 aliphatic carbocycles. The third kappa shape index (κ3) is 140. The summed E-state index contributed by atoms with van der Waals surface area (Å²) in [6, 6.07) is 0. The minimum atomic E-state index is -6.50. The van der Waals surface area contributed by atoms with Crippen molar-refractivity contribution in [3.05, 3.63) is 0 Å². The van der Waals surface area contributed by atoms with Crippen molar-refractivity contribution in [2.45, 2.75) is 0 Å². The van der Waals surface area contributed by atoms with E-state index in [-0.39, 0.29) is 9.90 Å². The maximum atomic E-state index is 9.81. The number of halogens is 4. The first-order valence-corrected chi connectivity index (χ1v) is 2.20. The van der Waals surface area contributed by atoms with Crippen LogP contribution in [-0.4, -0.2) is 0 Å². The van der Waals surface area contributed by atoms with E-state index in [1.807, 2.05) is 0 Å². The molecule has 0 heterocycles. The Morgan fingerprint density at radius 3 is 0.833 bits per heavy atom. The zero-order valence-electron chi connectivity index (χ0n) is 2.87. The van der Waals surface area contributed by atoms with Gasteiger partial charge in [-0.1, -0.05) is 0 Å². The molecule has 0 N–H and O–H groups in total. The summed E-state index contributed by atoms with van der Waals surface area (Å²) >= 11 is -6.50. The number of rotatable bonds is 0. The van der Waals surface area contributed by atoms with Gasteiger partial charge in [-0.05, 0) is 9.90 Å². The Balaban J connectivity index is 0. The largest absolute Gasteiger partial charge is 0.0395 e. The van der Waals surface area contributed by atoms with Crippen molar-refractivity contribution in [3.63, 3.8) is 0 Å². The second kappa shape index (κ2) is 2.78. The first-order valence-electron chi connectivity index (χ1n) is 0.535. The zero-order chi connectivity index (χ0) is 4.50. The summed E-state index contributed by atoms with van der Waals surface area (Å²) < 4.78 is 39.2. The SMILES string of the molecule is [F][Fe-]([F])([F])[F].[PH4+]. The van der Waals surface area contributed by atoms with E-state index in [2.05, 4.69) is 0 Å². The quantitative estimate of drug-likeness (QED) is 0.291. The van der Waals surface area contributed by atoms with Gasteiger partial charge in [-0.3, -0.25) is 0 Å². The molecule has 0 amide bonds. The fraction of sp³-hybridized carbons (Fsp3) is 0. The summed E-state index contributed by atoms with van der Waals surface area (Å²) in [6.07, 6.45) is 0. The summed E-state index contributed by atoms with van der Waals surface area (Å²) in [5, 5.41) is 0. The van der Waals surface area contributed by atoms with Crippen molar-refractivity contribution in [2.24, 2.45) is 0 Å². The van der Waals surface area contributed by atoms with Crippen LogP contribution in [-0.2, 0) is 14.7 Å². The fourth-order valence-electron chi connectivity index (χ4n) is 0. The van der Waals surface area contributed by atoms with Crippen LogP contribution in [0.25, 0.3) is 0 Å². The molecular formula is H4F4FeP. The molecule has 1 atom stereocenters. The van der Waals surface area contributed by atoms with Crippen LogP contribution in [0.1, 0.15) is 0 Å². The topological polar surface area (TPSA) is 0 Å². The Morgan fingerprint density at radius 1 is 0.833 bits per heavy atom. The fourth-order valence-corrected chi connectivity index (χ4v) is 0. The second-order valence-electron chi connectivity index (χ2n) is 0.303. The van der Waals surface area contributed by atoms with Crippen molar-refractivity contribution in [1.82, 2.24) is 0 Å². The van der Waals surface area contributed by atoms with E-state index in [4.69, 9.17) is 0 Å². The van der Waals surface area contributed by atoms with Crippen LogP contribution in [0.15, 0.2) is 0 Å². The third-order valence-electron chi connectivity index (χ3n) is 0. The van der Waals surface area contributed by atoms with E-state index in [1.54, 1.807) is 0 Å². The maximum Gasteiger partial charge on any atom is -0.0395 e. The van der Waals surface area contributed by atoms with Gasteiger partial charge in [0.1, 0.15) is 0 Å². The average molecular weight is 167 g/mol. The van der Waals surface area contributed by atoms with Crippen LogP contribution < -0.4 is 0 Å². The number of hydrogen-bond donors (Lipinski definition) is 0. The van der Waals surface area contributed by atoms with E-state index in [0.29, 0.717) is 0 Å². The Morgan fingerprint density at radius 2 is 0.833 bits per heavy atom. The van der Waals surface area contributed by atoms with E-state index in [1.165, 1.54) is 0 Å². The van der Waals surface area contributed by atoms with E-state index >= 15 is 0 Å². The molecule has 1 unspecified atom stereocenters. The first kappa shape index (κ1) is 9.83. The Bertz CT molecular complexity index is 23.0. The summed E-state index contributed by atoms with van der Waals surface area (Å²) in [5.41, 5.74) is 0. The Kier molecular flexibility index (Phi) is 4.55. The molecule has 0 rings (SSSR count). The minimum Gasteiger partial charge on any atom is -0.0395 e. The van der Waals surface area contributed by atoms with Crippen LogP contribution >= 0.6 is 9.90 Å². The van der Waals surface area contributed by atoms with Crippen molar-refractivity contribution >= 4 is 9.90 Å². The van der Waals surface area contributed by atoms with Gasteiger partial charge in [-0.2, -0.15) is 0 Å².